The standard InChI is InChI=1S/C44H29N/c1-2-12-30(13-3-1)37-16-10-11-21-44(37)45(33-24-26-36-32(28-33)23-22-31-14-4-5-15-35(31)36)34-25-27-42-40-19-7-6-17-38(40)39-18-8-9-20-41(39)43(42)29-34/h1-29H. The molecule has 0 aliphatic carbocycles. The Kier molecular flexibility index (Phi) is 5.89. The molecule has 210 valence electrons. The molecule has 45 heavy (non-hydrogen) atoms. The molecule has 0 saturated carbocycles. The largest absolute Gasteiger partial charge is 0.310 e. The zero-order chi connectivity index (χ0) is 29.7. The van der Waals surface area contributed by atoms with Crippen LogP contribution in [0, 0.1) is 0 Å². The fourth-order valence-electron chi connectivity index (χ4n) is 7.13. The van der Waals surface area contributed by atoms with Crippen molar-refractivity contribution in [3.05, 3.63) is 176 Å². The van der Waals surface area contributed by atoms with Gasteiger partial charge in [-0.05, 0) is 89.8 Å². The van der Waals surface area contributed by atoms with Crippen molar-refractivity contribution in [3.63, 3.8) is 0 Å². The third-order valence-electron chi connectivity index (χ3n) is 9.20. The zero-order valence-corrected chi connectivity index (χ0v) is 24.7. The highest BCUT2D eigenvalue weighted by Gasteiger charge is 2.19. The molecule has 0 aliphatic rings. The van der Waals surface area contributed by atoms with Crippen molar-refractivity contribution in [3.8, 4) is 11.1 Å². The summed E-state index contributed by atoms with van der Waals surface area (Å²) in [6.45, 7) is 0. The lowest BCUT2D eigenvalue weighted by Crippen LogP contribution is -2.11. The third-order valence-corrected chi connectivity index (χ3v) is 9.20. The molecule has 1 nitrogen and oxygen atoms in total. The average Bonchev–Trinajstić information content (AvgIpc) is 3.12. The molecule has 0 bridgehead atoms. The summed E-state index contributed by atoms with van der Waals surface area (Å²) in [6, 6.07) is 64.1. The van der Waals surface area contributed by atoms with Gasteiger partial charge in [-0.1, -0.05) is 146 Å². The normalized spacial score (nSPS) is 11.6. The molecule has 0 N–H and O–H groups in total. The smallest absolute Gasteiger partial charge is 0.0540 e. The van der Waals surface area contributed by atoms with Crippen LogP contribution in [0.4, 0.5) is 17.1 Å². The van der Waals surface area contributed by atoms with Crippen molar-refractivity contribution >= 4 is 70.9 Å². The highest BCUT2D eigenvalue weighted by molar-refractivity contribution is 6.26. The number of hydrogen-bond acceptors (Lipinski definition) is 1. The van der Waals surface area contributed by atoms with Crippen LogP contribution >= 0.6 is 0 Å². The van der Waals surface area contributed by atoms with Crippen LogP contribution in [-0.4, -0.2) is 0 Å². The molecular formula is C44H29N. The Morgan fingerprint density at radius 1 is 0.289 bits per heavy atom. The van der Waals surface area contributed by atoms with Crippen LogP contribution in [0.25, 0.3) is 65.0 Å². The van der Waals surface area contributed by atoms with Gasteiger partial charge in [-0.2, -0.15) is 0 Å². The minimum absolute atomic E-state index is 1.13. The summed E-state index contributed by atoms with van der Waals surface area (Å²) in [7, 11) is 0. The van der Waals surface area contributed by atoms with Gasteiger partial charge in [0.1, 0.15) is 0 Å². The number of fused-ring (bicyclic) bond motifs is 9. The summed E-state index contributed by atoms with van der Waals surface area (Å²) >= 11 is 0. The quantitative estimate of drug-likeness (QED) is 0.190. The molecule has 0 unspecified atom stereocenters. The Morgan fingerprint density at radius 3 is 1.51 bits per heavy atom. The first-order chi connectivity index (χ1) is 22.3. The number of anilines is 3. The van der Waals surface area contributed by atoms with Crippen LogP contribution in [-0.2, 0) is 0 Å². The van der Waals surface area contributed by atoms with E-state index in [1.807, 2.05) is 0 Å². The minimum Gasteiger partial charge on any atom is -0.310 e. The van der Waals surface area contributed by atoms with Crippen LogP contribution < -0.4 is 4.90 Å². The highest BCUT2D eigenvalue weighted by atomic mass is 15.1. The molecule has 0 spiro atoms. The minimum atomic E-state index is 1.13. The predicted octanol–water partition coefficient (Wildman–Crippen LogP) is 12.6. The predicted molar refractivity (Wildman–Crippen MR) is 194 cm³/mol. The van der Waals surface area contributed by atoms with Crippen LogP contribution in [0.15, 0.2) is 176 Å². The number of rotatable bonds is 4. The second kappa shape index (κ2) is 10.4. The van der Waals surface area contributed by atoms with Crippen molar-refractivity contribution in [2.24, 2.45) is 0 Å². The molecule has 9 aromatic carbocycles. The van der Waals surface area contributed by atoms with Gasteiger partial charge < -0.3 is 4.90 Å². The van der Waals surface area contributed by atoms with Gasteiger partial charge in [-0.15, -0.1) is 0 Å². The molecule has 0 aliphatic heterocycles. The molecule has 9 rings (SSSR count). The van der Waals surface area contributed by atoms with Gasteiger partial charge in [0.2, 0.25) is 0 Å². The number of hydrogen-bond donors (Lipinski definition) is 0. The summed E-state index contributed by atoms with van der Waals surface area (Å²) in [5.41, 5.74) is 5.80. The Balaban J connectivity index is 1.34. The molecule has 0 atom stereocenters. The number of benzene rings is 9. The van der Waals surface area contributed by atoms with Crippen LogP contribution in [0.2, 0.25) is 0 Å². The van der Waals surface area contributed by atoms with Gasteiger partial charge >= 0.3 is 0 Å². The molecule has 0 radical (unpaired) electrons. The first-order valence-electron chi connectivity index (χ1n) is 15.5. The Bertz CT molecular complexity index is 2510. The van der Waals surface area contributed by atoms with E-state index in [4.69, 9.17) is 0 Å². The van der Waals surface area contributed by atoms with Gasteiger partial charge in [0.25, 0.3) is 0 Å². The van der Waals surface area contributed by atoms with Crippen molar-refractivity contribution in [2.75, 3.05) is 4.90 Å². The first-order valence-corrected chi connectivity index (χ1v) is 15.5. The van der Waals surface area contributed by atoms with E-state index >= 15 is 0 Å². The van der Waals surface area contributed by atoms with E-state index in [9.17, 15) is 0 Å². The van der Waals surface area contributed by atoms with Crippen LogP contribution in [0.3, 0.4) is 0 Å². The first kappa shape index (κ1) is 25.6. The lowest BCUT2D eigenvalue weighted by atomic mass is 9.93. The second-order valence-corrected chi connectivity index (χ2v) is 11.7. The monoisotopic (exact) mass is 571 g/mol. The highest BCUT2D eigenvalue weighted by Crippen LogP contribution is 2.44. The van der Waals surface area contributed by atoms with Gasteiger partial charge in [0.05, 0.1) is 5.69 Å². The number of para-hydroxylation sites is 1. The molecular weight excluding hydrogens is 542 g/mol. The summed E-state index contributed by atoms with van der Waals surface area (Å²) in [6.07, 6.45) is 0. The molecule has 0 amide bonds. The summed E-state index contributed by atoms with van der Waals surface area (Å²) in [5.74, 6) is 0. The Hall–Kier alpha value is -5.92. The fourth-order valence-corrected chi connectivity index (χ4v) is 7.13. The van der Waals surface area contributed by atoms with E-state index in [2.05, 4.69) is 181 Å². The summed E-state index contributed by atoms with van der Waals surface area (Å²) in [4.78, 5) is 2.43. The SMILES string of the molecule is c1ccc(-c2ccccc2N(c2ccc3c(ccc4ccccc43)c2)c2ccc3c4ccccc4c4ccccc4c3c2)cc1. The Morgan fingerprint density at radius 2 is 0.778 bits per heavy atom. The molecule has 0 heterocycles. The molecule has 1 heteroatoms. The van der Waals surface area contributed by atoms with E-state index < -0.39 is 0 Å². The van der Waals surface area contributed by atoms with Gasteiger partial charge in [0.15, 0.2) is 0 Å². The third kappa shape index (κ3) is 4.17. The Labute approximate surface area is 262 Å². The maximum atomic E-state index is 2.43. The summed E-state index contributed by atoms with van der Waals surface area (Å²) < 4.78 is 0. The van der Waals surface area contributed by atoms with Crippen molar-refractivity contribution < 1.29 is 0 Å². The van der Waals surface area contributed by atoms with E-state index in [0.717, 1.165) is 17.1 Å². The van der Waals surface area contributed by atoms with E-state index in [1.54, 1.807) is 0 Å². The zero-order valence-electron chi connectivity index (χ0n) is 24.7. The maximum Gasteiger partial charge on any atom is 0.0540 e. The molecule has 9 aromatic rings. The maximum absolute atomic E-state index is 2.43. The molecule has 0 fully saturated rings. The summed E-state index contributed by atoms with van der Waals surface area (Å²) in [5, 5.41) is 12.7. The van der Waals surface area contributed by atoms with Gasteiger partial charge in [0, 0.05) is 16.9 Å². The van der Waals surface area contributed by atoms with Gasteiger partial charge in [-0.3, -0.25) is 0 Å². The molecule has 0 saturated heterocycles. The lowest BCUT2D eigenvalue weighted by Gasteiger charge is -2.29. The lowest BCUT2D eigenvalue weighted by molar-refractivity contribution is 1.29. The van der Waals surface area contributed by atoms with E-state index in [-0.39, 0.29) is 0 Å². The number of nitrogens with zero attached hydrogens (tertiary/aromatic N) is 1. The van der Waals surface area contributed by atoms with E-state index in [1.165, 1.54) is 65.0 Å². The van der Waals surface area contributed by atoms with Crippen LogP contribution in [0.5, 0.6) is 0 Å². The molecule has 0 aromatic heterocycles. The van der Waals surface area contributed by atoms with Crippen LogP contribution in [0.1, 0.15) is 0 Å². The fraction of sp³-hybridized carbons (Fsp3) is 0. The average molecular weight is 572 g/mol. The van der Waals surface area contributed by atoms with Crippen molar-refractivity contribution in [1.82, 2.24) is 0 Å². The topological polar surface area (TPSA) is 3.24 Å². The van der Waals surface area contributed by atoms with Crippen molar-refractivity contribution in [1.29, 1.82) is 0 Å². The second-order valence-electron chi connectivity index (χ2n) is 11.7. The van der Waals surface area contributed by atoms with Crippen molar-refractivity contribution in [2.45, 2.75) is 0 Å². The van der Waals surface area contributed by atoms with Gasteiger partial charge in [-0.25, -0.2) is 0 Å². The van der Waals surface area contributed by atoms with E-state index in [0.29, 0.717) is 0 Å².